The van der Waals surface area contributed by atoms with Gasteiger partial charge in [0.25, 0.3) is 5.91 Å². The maximum absolute atomic E-state index is 12.6. The number of aromatic nitrogens is 2. The maximum Gasteiger partial charge on any atom is 0.274 e. The second-order valence-electron chi connectivity index (χ2n) is 6.09. The summed E-state index contributed by atoms with van der Waals surface area (Å²) in [6, 6.07) is 12.7. The number of amides is 1. The quantitative estimate of drug-likeness (QED) is 0.665. The van der Waals surface area contributed by atoms with Gasteiger partial charge in [0.2, 0.25) is 0 Å². The number of methoxy groups -OCH3 is 1. The molecule has 0 saturated carbocycles. The highest BCUT2D eigenvalue weighted by atomic mass is 35.5. The highest BCUT2D eigenvalue weighted by Gasteiger charge is 2.13. The Morgan fingerprint density at radius 3 is 2.48 bits per heavy atom. The first kappa shape index (κ1) is 18.7. The second kappa shape index (κ2) is 8.05. The summed E-state index contributed by atoms with van der Waals surface area (Å²) < 4.78 is 5.24. The Labute approximate surface area is 162 Å². The van der Waals surface area contributed by atoms with Gasteiger partial charge in [-0.3, -0.25) is 4.79 Å². The number of halogens is 1. The molecule has 0 aliphatic heterocycles. The predicted molar refractivity (Wildman–Crippen MR) is 107 cm³/mol. The lowest BCUT2D eigenvalue weighted by molar-refractivity contribution is 0.102. The van der Waals surface area contributed by atoms with Crippen molar-refractivity contribution in [3.63, 3.8) is 0 Å². The van der Waals surface area contributed by atoms with Crippen LogP contribution in [0.5, 0.6) is 5.75 Å². The van der Waals surface area contributed by atoms with Crippen LogP contribution < -0.4 is 15.4 Å². The van der Waals surface area contributed by atoms with Gasteiger partial charge in [-0.15, -0.1) is 0 Å². The lowest BCUT2D eigenvalue weighted by Crippen LogP contribution is -2.15. The molecule has 1 heterocycles. The number of anilines is 3. The Bertz CT molecular complexity index is 971. The van der Waals surface area contributed by atoms with Crippen LogP contribution in [0.25, 0.3) is 0 Å². The fourth-order valence-electron chi connectivity index (χ4n) is 2.71. The molecule has 0 atom stereocenters. The van der Waals surface area contributed by atoms with E-state index in [2.05, 4.69) is 26.7 Å². The number of carbonyl (C=O) groups excluding carboxylic acids is 1. The van der Waals surface area contributed by atoms with Crippen molar-refractivity contribution in [1.29, 1.82) is 0 Å². The number of nitrogens with zero attached hydrogens (tertiary/aromatic N) is 2. The van der Waals surface area contributed by atoms with Gasteiger partial charge in [-0.05, 0) is 55.3 Å². The molecule has 138 valence electrons. The van der Waals surface area contributed by atoms with Gasteiger partial charge in [-0.2, -0.15) is 0 Å². The largest absolute Gasteiger partial charge is 0.495 e. The predicted octanol–water partition coefficient (Wildman–Crippen LogP) is 4.75. The summed E-state index contributed by atoms with van der Waals surface area (Å²) in [5.41, 5.74) is 3.86. The second-order valence-corrected chi connectivity index (χ2v) is 6.53. The minimum Gasteiger partial charge on any atom is -0.495 e. The number of rotatable bonds is 5. The van der Waals surface area contributed by atoms with Gasteiger partial charge in [0.1, 0.15) is 23.6 Å². The third-order valence-corrected chi connectivity index (χ3v) is 4.04. The molecule has 0 bridgehead atoms. The Kier molecular flexibility index (Phi) is 5.57. The van der Waals surface area contributed by atoms with Crippen LogP contribution in [-0.4, -0.2) is 23.0 Å². The first-order valence-electron chi connectivity index (χ1n) is 8.27. The van der Waals surface area contributed by atoms with E-state index in [9.17, 15) is 4.79 Å². The molecule has 0 radical (unpaired) electrons. The van der Waals surface area contributed by atoms with Gasteiger partial charge in [-0.25, -0.2) is 9.97 Å². The summed E-state index contributed by atoms with van der Waals surface area (Å²) in [7, 11) is 1.52. The number of aryl methyl sites for hydroxylation is 2. The third-order valence-electron chi connectivity index (χ3n) is 3.80. The van der Waals surface area contributed by atoms with Gasteiger partial charge in [0.05, 0.1) is 12.8 Å². The highest BCUT2D eigenvalue weighted by molar-refractivity contribution is 6.31. The molecule has 2 aromatic carbocycles. The number of carbonyl (C=O) groups is 1. The standard InChI is InChI=1S/C20H19ClN4O2/c1-12-6-13(2)8-15(7-12)24-19-10-17(22-11-23-19)20(26)25-16-9-14(21)4-5-18(16)27-3/h4-11H,1-3H3,(H,25,26)(H,22,23,24). The van der Waals surface area contributed by atoms with Gasteiger partial charge < -0.3 is 15.4 Å². The van der Waals surface area contributed by atoms with E-state index < -0.39 is 0 Å². The molecule has 0 unspecified atom stereocenters. The van der Waals surface area contributed by atoms with Crippen molar-refractivity contribution in [3.8, 4) is 5.75 Å². The molecule has 0 saturated heterocycles. The zero-order valence-corrected chi connectivity index (χ0v) is 16.0. The SMILES string of the molecule is COc1ccc(Cl)cc1NC(=O)c1cc(Nc2cc(C)cc(C)c2)ncn1. The van der Waals surface area contributed by atoms with Crippen LogP contribution in [-0.2, 0) is 0 Å². The molecule has 0 spiro atoms. The zero-order valence-electron chi connectivity index (χ0n) is 15.2. The van der Waals surface area contributed by atoms with E-state index in [4.69, 9.17) is 16.3 Å². The Morgan fingerprint density at radius 2 is 1.78 bits per heavy atom. The third kappa shape index (κ3) is 4.74. The van der Waals surface area contributed by atoms with Crippen molar-refractivity contribution >= 4 is 34.7 Å². The van der Waals surface area contributed by atoms with Gasteiger partial charge in [0.15, 0.2) is 0 Å². The summed E-state index contributed by atoms with van der Waals surface area (Å²) in [5, 5.41) is 6.45. The van der Waals surface area contributed by atoms with Crippen LogP contribution in [0.3, 0.4) is 0 Å². The van der Waals surface area contributed by atoms with Gasteiger partial charge in [-0.1, -0.05) is 17.7 Å². The molecule has 1 aromatic heterocycles. The summed E-state index contributed by atoms with van der Waals surface area (Å²) in [5.74, 6) is 0.648. The monoisotopic (exact) mass is 382 g/mol. The molecular formula is C20H19ClN4O2. The molecule has 0 aliphatic rings. The van der Waals surface area contributed by atoms with Gasteiger partial charge in [0, 0.05) is 16.8 Å². The van der Waals surface area contributed by atoms with E-state index in [0.717, 1.165) is 16.8 Å². The molecule has 6 nitrogen and oxygen atoms in total. The Morgan fingerprint density at radius 1 is 1.04 bits per heavy atom. The average molecular weight is 383 g/mol. The molecule has 0 aliphatic carbocycles. The number of benzene rings is 2. The van der Waals surface area contributed by atoms with Crippen molar-refractivity contribution in [2.45, 2.75) is 13.8 Å². The Balaban J connectivity index is 1.80. The lowest BCUT2D eigenvalue weighted by atomic mass is 10.1. The van der Waals surface area contributed by atoms with E-state index in [0.29, 0.717) is 22.3 Å². The van der Waals surface area contributed by atoms with E-state index in [1.54, 1.807) is 24.3 Å². The number of hydrogen-bond acceptors (Lipinski definition) is 5. The lowest BCUT2D eigenvalue weighted by Gasteiger charge is -2.11. The number of nitrogens with one attached hydrogen (secondary N) is 2. The van der Waals surface area contributed by atoms with E-state index in [-0.39, 0.29) is 11.6 Å². The van der Waals surface area contributed by atoms with Crippen LogP contribution in [0.1, 0.15) is 21.6 Å². The van der Waals surface area contributed by atoms with Crippen molar-refractivity contribution in [2.75, 3.05) is 17.7 Å². The summed E-state index contributed by atoms with van der Waals surface area (Å²) in [6.07, 6.45) is 1.34. The number of ether oxygens (including phenoxy) is 1. The summed E-state index contributed by atoms with van der Waals surface area (Å²) >= 11 is 6.00. The highest BCUT2D eigenvalue weighted by Crippen LogP contribution is 2.28. The van der Waals surface area contributed by atoms with Gasteiger partial charge >= 0.3 is 0 Å². The number of hydrogen-bond donors (Lipinski definition) is 2. The minimum atomic E-state index is -0.388. The Hall–Kier alpha value is -3.12. The average Bonchev–Trinajstić information content (AvgIpc) is 2.61. The molecule has 3 rings (SSSR count). The van der Waals surface area contributed by atoms with Crippen LogP contribution in [0.2, 0.25) is 5.02 Å². The maximum atomic E-state index is 12.6. The summed E-state index contributed by atoms with van der Waals surface area (Å²) in [4.78, 5) is 20.8. The van der Waals surface area contributed by atoms with Crippen LogP contribution in [0.4, 0.5) is 17.2 Å². The first-order valence-corrected chi connectivity index (χ1v) is 8.64. The molecule has 27 heavy (non-hydrogen) atoms. The van der Waals surface area contributed by atoms with Crippen molar-refractivity contribution in [1.82, 2.24) is 9.97 Å². The minimum absolute atomic E-state index is 0.221. The summed E-state index contributed by atoms with van der Waals surface area (Å²) in [6.45, 7) is 4.05. The van der Waals surface area contributed by atoms with E-state index in [1.165, 1.54) is 13.4 Å². The fraction of sp³-hybridized carbons (Fsp3) is 0.150. The van der Waals surface area contributed by atoms with Crippen LogP contribution in [0, 0.1) is 13.8 Å². The molecule has 7 heteroatoms. The molecule has 2 N–H and O–H groups in total. The normalized spacial score (nSPS) is 10.4. The molecule has 0 fully saturated rings. The fourth-order valence-corrected chi connectivity index (χ4v) is 2.88. The van der Waals surface area contributed by atoms with Crippen molar-refractivity contribution < 1.29 is 9.53 Å². The van der Waals surface area contributed by atoms with Crippen LogP contribution >= 0.6 is 11.6 Å². The van der Waals surface area contributed by atoms with E-state index in [1.807, 2.05) is 26.0 Å². The van der Waals surface area contributed by atoms with Crippen LogP contribution in [0.15, 0.2) is 48.8 Å². The topological polar surface area (TPSA) is 76.1 Å². The van der Waals surface area contributed by atoms with Crippen molar-refractivity contribution in [2.24, 2.45) is 0 Å². The molecular weight excluding hydrogens is 364 g/mol. The van der Waals surface area contributed by atoms with Crippen molar-refractivity contribution in [3.05, 3.63) is 70.6 Å². The smallest absolute Gasteiger partial charge is 0.274 e. The molecule has 3 aromatic rings. The molecule has 1 amide bonds. The van der Waals surface area contributed by atoms with E-state index >= 15 is 0 Å². The zero-order chi connectivity index (χ0) is 19.4. The first-order chi connectivity index (χ1) is 12.9.